The highest BCUT2D eigenvalue weighted by Crippen LogP contribution is 2.54. The number of ether oxygens (including phenoxy) is 6. The zero-order valence-electron chi connectivity index (χ0n) is 19.4. The first-order valence-electron chi connectivity index (χ1n) is 10.4. The molecule has 0 amide bonds. The standard InChI is InChI=1S/C24H32O8/c1-27-17-9-14(10-18(28-2)22(17)30-4)20-16(12-26)15(11-25)7-13-8-19(29-3)23(31-5)24(32-6)21(13)20/h8-10,15-16,20,25-26H,7,11-12H2,1-6H3/t15-,16-,20+/m0/s1. The minimum absolute atomic E-state index is 0.0672. The van der Waals surface area contributed by atoms with E-state index in [0.717, 1.165) is 16.7 Å². The molecule has 0 saturated heterocycles. The number of aliphatic hydroxyl groups is 2. The Bertz CT molecular complexity index is 917. The summed E-state index contributed by atoms with van der Waals surface area (Å²) >= 11 is 0. The van der Waals surface area contributed by atoms with Crippen LogP contribution in [-0.4, -0.2) is 66.1 Å². The Labute approximate surface area is 188 Å². The molecule has 3 rings (SSSR count). The van der Waals surface area contributed by atoms with Gasteiger partial charge in [-0.1, -0.05) is 0 Å². The average molecular weight is 449 g/mol. The molecule has 0 saturated carbocycles. The fourth-order valence-electron chi connectivity index (χ4n) is 4.81. The molecule has 0 radical (unpaired) electrons. The van der Waals surface area contributed by atoms with E-state index >= 15 is 0 Å². The minimum atomic E-state index is -0.329. The third-order valence-corrected chi connectivity index (χ3v) is 6.27. The first-order chi connectivity index (χ1) is 15.5. The van der Waals surface area contributed by atoms with Crippen molar-refractivity contribution in [3.63, 3.8) is 0 Å². The maximum atomic E-state index is 10.4. The molecule has 8 heteroatoms. The average Bonchev–Trinajstić information content (AvgIpc) is 2.84. The van der Waals surface area contributed by atoms with E-state index in [1.165, 1.54) is 0 Å². The molecule has 0 aromatic heterocycles. The molecule has 0 bridgehead atoms. The lowest BCUT2D eigenvalue weighted by molar-refractivity contribution is 0.0999. The van der Waals surface area contributed by atoms with E-state index in [1.807, 2.05) is 18.2 Å². The zero-order valence-corrected chi connectivity index (χ0v) is 19.4. The third kappa shape index (κ3) is 3.89. The second kappa shape index (κ2) is 10.2. The van der Waals surface area contributed by atoms with Crippen LogP contribution in [-0.2, 0) is 6.42 Å². The van der Waals surface area contributed by atoms with Crippen LogP contribution in [0, 0.1) is 11.8 Å². The summed E-state index contributed by atoms with van der Waals surface area (Å²) in [5, 5.41) is 20.6. The Hall–Kier alpha value is -2.84. The van der Waals surface area contributed by atoms with Crippen molar-refractivity contribution >= 4 is 0 Å². The van der Waals surface area contributed by atoms with Gasteiger partial charge < -0.3 is 38.6 Å². The predicted octanol–water partition coefficient (Wildman–Crippen LogP) is 2.64. The van der Waals surface area contributed by atoms with Crippen LogP contribution in [0.25, 0.3) is 0 Å². The molecule has 0 aliphatic heterocycles. The summed E-state index contributed by atoms with van der Waals surface area (Å²) in [7, 11) is 9.38. The highest BCUT2D eigenvalue weighted by Gasteiger charge is 2.41. The van der Waals surface area contributed by atoms with E-state index < -0.39 is 0 Å². The molecule has 3 atom stereocenters. The van der Waals surface area contributed by atoms with Crippen LogP contribution < -0.4 is 28.4 Å². The van der Waals surface area contributed by atoms with E-state index in [1.54, 1.807) is 42.7 Å². The summed E-state index contributed by atoms with van der Waals surface area (Å²) < 4.78 is 33.6. The fourth-order valence-corrected chi connectivity index (χ4v) is 4.81. The van der Waals surface area contributed by atoms with Gasteiger partial charge in [-0.2, -0.15) is 0 Å². The summed E-state index contributed by atoms with van der Waals surface area (Å²) in [5.41, 5.74) is 2.67. The van der Waals surface area contributed by atoms with E-state index in [-0.39, 0.29) is 31.0 Å². The van der Waals surface area contributed by atoms with E-state index in [4.69, 9.17) is 28.4 Å². The maximum Gasteiger partial charge on any atom is 0.203 e. The molecule has 1 aliphatic carbocycles. The highest BCUT2D eigenvalue weighted by atomic mass is 16.5. The van der Waals surface area contributed by atoms with Crippen LogP contribution >= 0.6 is 0 Å². The number of aliphatic hydroxyl groups excluding tert-OH is 2. The van der Waals surface area contributed by atoms with E-state index in [9.17, 15) is 10.2 Å². The highest BCUT2D eigenvalue weighted by molar-refractivity contribution is 5.64. The number of rotatable bonds is 9. The Morgan fingerprint density at radius 3 is 1.66 bits per heavy atom. The van der Waals surface area contributed by atoms with Gasteiger partial charge in [0.25, 0.3) is 0 Å². The van der Waals surface area contributed by atoms with Gasteiger partial charge in [0.1, 0.15) is 0 Å². The van der Waals surface area contributed by atoms with Gasteiger partial charge in [-0.25, -0.2) is 0 Å². The molecule has 0 fully saturated rings. The summed E-state index contributed by atoms with van der Waals surface area (Å²) in [4.78, 5) is 0. The number of hydrogen-bond donors (Lipinski definition) is 2. The van der Waals surface area contributed by atoms with Crippen molar-refractivity contribution in [1.82, 2.24) is 0 Å². The predicted molar refractivity (Wildman–Crippen MR) is 119 cm³/mol. The SMILES string of the molecule is COc1cc([C@H]2c3c(cc(OC)c(OC)c3OC)C[C@@H](CO)[C@@H]2CO)cc(OC)c1OC. The summed E-state index contributed by atoms with van der Waals surface area (Å²) in [5.74, 6) is 2.28. The normalized spacial score (nSPS) is 19.7. The summed E-state index contributed by atoms with van der Waals surface area (Å²) in [6, 6.07) is 5.65. The molecule has 2 N–H and O–H groups in total. The molecule has 0 heterocycles. The van der Waals surface area contributed by atoms with Crippen LogP contribution in [0.2, 0.25) is 0 Å². The van der Waals surface area contributed by atoms with E-state index in [2.05, 4.69) is 0 Å². The molecular weight excluding hydrogens is 416 g/mol. The molecule has 2 aromatic carbocycles. The van der Waals surface area contributed by atoms with Gasteiger partial charge in [0.15, 0.2) is 23.0 Å². The van der Waals surface area contributed by atoms with Crippen molar-refractivity contribution < 1.29 is 38.6 Å². The van der Waals surface area contributed by atoms with Crippen molar-refractivity contribution in [3.05, 3.63) is 34.9 Å². The number of methoxy groups -OCH3 is 6. The van der Waals surface area contributed by atoms with Crippen molar-refractivity contribution in [1.29, 1.82) is 0 Å². The monoisotopic (exact) mass is 448 g/mol. The molecule has 0 spiro atoms. The van der Waals surface area contributed by atoms with Crippen LogP contribution in [0.4, 0.5) is 0 Å². The molecule has 32 heavy (non-hydrogen) atoms. The number of benzene rings is 2. The van der Waals surface area contributed by atoms with Gasteiger partial charge in [-0.15, -0.1) is 0 Å². The minimum Gasteiger partial charge on any atom is -0.493 e. The first-order valence-corrected chi connectivity index (χ1v) is 10.4. The summed E-state index contributed by atoms with van der Waals surface area (Å²) in [6.45, 7) is -0.189. The second-order valence-electron chi connectivity index (χ2n) is 7.65. The topological polar surface area (TPSA) is 95.8 Å². The van der Waals surface area contributed by atoms with Crippen LogP contribution in [0.1, 0.15) is 22.6 Å². The molecule has 2 aromatic rings. The lowest BCUT2D eigenvalue weighted by atomic mass is 9.66. The van der Waals surface area contributed by atoms with Crippen molar-refractivity contribution in [2.45, 2.75) is 12.3 Å². The Morgan fingerprint density at radius 1 is 0.688 bits per heavy atom. The first kappa shape index (κ1) is 23.8. The van der Waals surface area contributed by atoms with Crippen LogP contribution in [0.5, 0.6) is 34.5 Å². The van der Waals surface area contributed by atoms with Gasteiger partial charge in [-0.3, -0.25) is 0 Å². The third-order valence-electron chi connectivity index (χ3n) is 6.27. The molecule has 8 nitrogen and oxygen atoms in total. The number of hydrogen-bond acceptors (Lipinski definition) is 8. The van der Waals surface area contributed by atoms with Gasteiger partial charge in [-0.05, 0) is 47.6 Å². The quantitative estimate of drug-likeness (QED) is 0.605. The fraction of sp³-hybridized carbons (Fsp3) is 0.500. The van der Waals surface area contributed by atoms with Crippen LogP contribution in [0.15, 0.2) is 18.2 Å². The Morgan fingerprint density at radius 2 is 1.22 bits per heavy atom. The van der Waals surface area contributed by atoms with Gasteiger partial charge >= 0.3 is 0 Å². The van der Waals surface area contributed by atoms with Crippen molar-refractivity contribution in [2.24, 2.45) is 11.8 Å². The number of fused-ring (bicyclic) bond motifs is 1. The second-order valence-corrected chi connectivity index (χ2v) is 7.65. The van der Waals surface area contributed by atoms with Crippen LogP contribution in [0.3, 0.4) is 0 Å². The zero-order chi connectivity index (χ0) is 23.4. The molecule has 0 unspecified atom stereocenters. The smallest absolute Gasteiger partial charge is 0.203 e. The van der Waals surface area contributed by atoms with E-state index in [0.29, 0.717) is 40.9 Å². The van der Waals surface area contributed by atoms with Crippen molar-refractivity contribution in [3.8, 4) is 34.5 Å². The lowest BCUT2D eigenvalue weighted by Crippen LogP contribution is -2.35. The lowest BCUT2D eigenvalue weighted by Gasteiger charge is -2.40. The van der Waals surface area contributed by atoms with Crippen molar-refractivity contribution in [2.75, 3.05) is 55.9 Å². The maximum absolute atomic E-state index is 10.4. The van der Waals surface area contributed by atoms with Gasteiger partial charge in [0.2, 0.25) is 11.5 Å². The molecule has 1 aliphatic rings. The Balaban J connectivity index is 2.36. The molecule has 176 valence electrons. The summed E-state index contributed by atoms with van der Waals surface area (Å²) in [6.07, 6.45) is 0.564. The Kier molecular flexibility index (Phi) is 7.58. The van der Waals surface area contributed by atoms with Gasteiger partial charge in [0.05, 0.1) is 42.7 Å². The van der Waals surface area contributed by atoms with Gasteiger partial charge in [0, 0.05) is 24.7 Å². The largest absolute Gasteiger partial charge is 0.493 e. The molecular formula is C24H32O8.